The van der Waals surface area contributed by atoms with Crippen molar-refractivity contribution in [2.45, 2.75) is 21.2 Å². The monoisotopic (exact) mass is 297 g/mol. The first-order valence-corrected chi connectivity index (χ1v) is 7.68. The molecule has 2 aromatic rings. The second-order valence-electron chi connectivity index (χ2n) is 3.82. The van der Waals surface area contributed by atoms with Gasteiger partial charge in [0, 0.05) is 27.3 Å². The van der Waals surface area contributed by atoms with E-state index in [1.54, 1.807) is 11.8 Å². The third-order valence-electron chi connectivity index (χ3n) is 2.63. The SMILES string of the molecule is CSc1cccc(Sc2ccc(F)cc2F)c1CN. The van der Waals surface area contributed by atoms with Crippen LogP contribution in [0.1, 0.15) is 5.56 Å². The molecule has 0 aliphatic heterocycles. The normalized spacial score (nSPS) is 10.7. The summed E-state index contributed by atoms with van der Waals surface area (Å²) in [5.41, 5.74) is 6.75. The van der Waals surface area contributed by atoms with Crippen LogP contribution in [0.25, 0.3) is 0 Å². The average Bonchev–Trinajstić information content (AvgIpc) is 2.41. The maximum Gasteiger partial charge on any atom is 0.140 e. The Morgan fingerprint density at radius 1 is 1.05 bits per heavy atom. The van der Waals surface area contributed by atoms with Crippen molar-refractivity contribution in [1.82, 2.24) is 0 Å². The zero-order valence-corrected chi connectivity index (χ0v) is 12.0. The molecule has 5 heteroatoms. The molecule has 1 nitrogen and oxygen atoms in total. The fourth-order valence-corrected chi connectivity index (χ4v) is 3.42. The van der Waals surface area contributed by atoms with Crippen molar-refractivity contribution >= 4 is 23.5 Å². The number of hydrogen-bond donors (Lipinski definition) is 1. The summed E-state index contributed by atoms with van der Waals surface area (Å²) in [6, 6.07) is 9.39. The highest BCUT2D eigenvalue weighted by Crippen LogP contribution is 2.35. The smallest absolute Gasteiger partial charge is 0.140 e. The predicted molar refractivity (Wildman–Crippen MR) is 76.6 cm³/mol. The van der Waals surface area contributed by atoms with Crippen molar-refractivity contribution in [2.24, 2.45) is 5.73 Å². The van der Waals surface area contributed by atoms with Crippen molar-refractivity contribution in [3.63, 3.8) is 0 Å². The molecule has 2 N–H and O–H groups in total. The van der Waals surface area contributed by atoms with Crippen LogP contribution in [0.2, 0.25) is 0 Å². The van der Waals surface area contributed by atoms with E-state index >= 15 is 0 Å². The molecule has 0 heterocycles. The zero-order valence-electron chi connectivity index (χ0n) is 10.3. The highest BCUT2D eigenvalue weighted by Gasteiger charge is 2.11. The van der Waals surface area contributed by atoms with E-state index in [0.29, 0.717) is 11.4 Å². The van der Waals surface area contributed by atoms with Crippen LogP contribution in [0.4, 0.5) is 8.78 Å². The van der Waals surface area contributed by atoms with Gasteiger partial charge in [0.05, 0.1) is 0 Å². The van der Waals surface area contributed by atoms with E-state index in [2.05, 4.69) is 0 Å². The number of nitrogens with two attached hydrogens (primary N) is 1. The lowest BCUT2D eigenvalue weighted by atomic mass is 10.2. The van der Waals surface area contributed by atoms with E-state index in [9.17, 15) is 8.78 Å². The Hall–Kier alpha value is -1.04. The summed E-state index contributed by atoms with van der Waals surface area (Å²) >= 11 is 2.87. The van der Waals surface area contributed by atoms with E-state index < -0.39 is 11.6 Å². The molecule has 2 aromatic carbocycles. The molecule has 0 radical (unpaired) electrons. The second-order valence-corrected chi connectivity index (χ2v) is 5.75. The number of halogens is 2. The molecule has 0 unspecified atom stereocenters. The Bertz CT molecular complexity index is 588. The van der Waals surface area contributed by atoms with Crippen molar-refractivity contribution in [1.29, 1.82) is 0 Å². The highest BCUT2D eigenvalue weighted by atomic mass is 32.2. The van der Waals surface area contributed by atoms with Crippen LogP contribution < -0.4 is 5.73 Å². The minimum absolute atomic E-state index is 0.391. The Labute approximate surface area is 119 Å². The highest BCUT2D eigenvalue weighted by molar-refractivity contribution is 8.00. The number of thioether (sulfide) groups is 1. The molecule has 0 spiro atoms. The van der Waals surface area contributed by atoms with E-state index in [0.717, 1.165) is 21.4 Å². The Morgan fingerprint density at radius 3 is 2.42 bits per heavy atom. The van der Waals surface area contributed by atoms with Crippen LogP contribution in [-0.4, -0.2) is 6.26 Å². The van der Waals surface area contributed by atoms with Crippen molar-refractivity contribution in [3.8, 4) is 0 Å². The van der Waals surface area contributed by atoms with Gasteiger partial charge >= 0.3 is 0 Å². The van der Waals surface area contributed by atoms with Crippen LogP contribution in [0.3, 0.4) is 0 Å². The van der Waals surface area contributed by atoms with Gasteiger partial charge in [0.25, 0.3) is 0 Å². The minimum Gasteiger partial charge on any atom is -0.326 e. The van der Waals surface area contributed by atoms with Gasteiger partial charge < -0.3 is 5.73 Å². The lowest BCUT2D eigenvalue weighted by Gasteiger charge is -2.11. The summed E-state index contributed by atoms with van der Waals surface area (Å²) in [7, 11) is 0. The molecule has 0 aliphatic rings. The first-order valence-electron chi connectivity index (χ1n) is 5.64. The van der Waals surface area contributed by atoms with E-state index in [-0.39, 0.29) is 0 Å². The van der Waals surface area contributed by atoms with Gasteiger partial charge in [0.1, 0.15) is 11.6 Å². The molecule has 0 bridgehead atoms. The summed E-state index contributed by atoms with van der Waals surface area (Å²) < 4.78 is 26.5. The Morgan fingerprint density at radius 2 is 1.79 bits per heavy atom. The third-order valence-corrected chi connectivity index (χ3v) is 4.60. The summed E-state index contributed by atoms with van der Waals surface area (Å²) in [6.07, 6.45) is 1.97. The molecule has 100 valence electrons. The van der Waals surface area contributed by atoms with Crippen LogP contribution >= 0.6 is 23.5 Å². The average molecular weight is 297 g/mol. The molecule has 0 aliphatic carbocycles. The largest absolute Gasteiger partial charge is 0.326 e. The first kappa shape index (κ1) is 14.4. The maximum atomic E-state index is 13.7. The van der Waals surface area contributed by atoms with Crippen molar-refractivity contribution in [2.75, 3.05) is 6.26 Å². The number of benzene rings is 2. The predicted octanol–water partition coefficient (Wildman–Crippen LogP) is 4.30. The third kappa shape index (κ3) is 3.29. The molecular formula is C14H13F2NS2. The molecule has 0 amide bonds. The Kier molecular flexibility index (Phi) is 4.85. The quantitative estimate of drug-likeness (QED) is 0.852. The number of hydrogen-bond acceptors (Lipinski definition) is 3. The lowest BCUT2D eigenvalue weighted by Crippen LogP contribution is -2.00. The summed E-state index contributed by atoms with van der Waals surface area (Å²) in [5.74, 6) is -1.12. The fourth-order valence-electron chi connectivity index (χ4n) is 1.71. The molecular weight excluding hydrogens is 284 g/mol. The standard InChI is InChI=1S/C14H13F2NS2/c1-18-12-3-2-4-13(10(12)8-17)19-14-6-5-9(15)7-11(14)16/h2-7H,8,17H2,1H3. The van der Waals surface area contributed by atoms with Crippen LogP contribution in [0.15, 0.2) is 51.1 Å². The zero-order chi connectivity index (χ0) is 13.8. The van der Waals surface area contributed by atoms with E-state index in [4.69, 9.17) is 5.73 Å². The molecule has 0 atom stereocenters. The van der Waals surface area contributed by atoms with Gasteiger partial charge in [-0.3, -0.25) is 0 Å². The second kappa shape index (κ2) is 6.41. The van der Waals surface area contributed by atoms with Crippen molar-refractivity contribution < 1.29 is 8.78 Å². The van der Waals surface area contributed by atoms with Gasteiger partial charge in [0.15, 0.2) is 0 Å². The van der Waals surface area contributed by atoms with Crippen molar-refractivity contribution in [3.05, 3.63) is 53.6 Å². The Balaban J connectivity index is 2.37. The summed E-state index contributed by atoms with van der Waals surface area (Å²) in [4.78, 5) is 2.38. The minimum atomic E-state index is -0.571. The molecule has 19 heavy (non-hydrogen) atoms. The van der Waals surface area contributed by atoms with Gasteiger partial charge in [-0.15, -0.1) is 11.8 Å². The van der Waals surface area contributed by atoms with Gasteiger partial charge in [-0.05, 0) is 36.1 Å². The first-order chi connectivity index (χ1) is 9.15. The molecule has 0 aromatic heterocycles. The fraction of sp³-hybridized carbons (Fsp3) is 0.143. The molecule has 2 rings (SSSR count). The van der Waals surface area contributed by atoms with Crippen LogP contribution in [0, 0.1) is 11.6 Å². The van der Waals surface area contributed by atoms with Gasteiger partial charge in [-0.2, -0.15) is 0 Å². The summed E-state index contributed by atoms with van der Waals surface area (Å²) in [6.45, 7) is 0.391. The maximum absolute atomic E-state index is 13.7. The summed E-state index contributed by atoms with van der Waals surface area (Å²) in [5, 5.41) is 0. The lowest BCUT2D eigenvalue weighted by molar-refractivity contribution is 0.565. The van der Waals surface area contributed by atoms with Gasteiger partial charge in [-0.1, -0.05) is 17.8 Å². The molecule has 0 saturated carbocycles. The van der Waals surface area contributed by atoms with E-state index in [1.165, 1.54) is 23.9 Å². The van der Waals surface area contributed by atoms with Crippen LogP contribution in [-0.2, 0) is 6.54 Å². The molecule has 0 saturated heterocycles. The van der Waals surface area contributed by atoms with Crippen LogP contribution in [0.5, 0.6) is 0 Å². The topological polar surface area (TPSA) is 26.0 Å². The van der Waals surface area contributed by atoms with Gasteiger partial charge in [0.2, 0.25) is 0 Å². The van der Waals surface area contributed by atoms with Gasteiger partial charge in [-0.25, -0.2) is 8.78 Å². The van der Waals surface area contributed by atoms with E-state index in [1.807, 2.05) is 24.5 Å². The number of rotatable bonds is 4. The molecule has 0 fully saturated rings.